The third-order valence-electron chi connectivity index (χ3n) is 3.11. The van der Waals surface area contributed by atoms with Crippen LogP contribution in [0, 0.1) is 22.9 Å². The predicted molar refractivity (Wildman–Crippen MR) is 84.9 cm³/mol. The second-order valence-electron chi connectivity index (χ2n) is 4.93. The van der Waals surface area contributed by atoms with Crippen LogP contribution in [0.3, 0.4) is 0 Å². The Kier molecular flexibility index (Phi) is 5.47. The standard InChI is InChI=1S/C15H15FN2O5S/c1-11-2-4-12(5-3-11)23-9-8-17-24(21,22)13-6-7-14(16)15(10-13)18(19)20/h2-7,10,17H,8-9H2,1H3. The molecule has 0 spiro atoms. The fraction of sp³-hybridized carbons (Fsp3) is 0.200. The van der Waals surface area contributed by atoms with Gasteiger partial charge >= 0.3 is 5.69 Å². The summed E-state index contributed by atoms with van der Waals surface area (Å²) in [7, 11) is -4.00. The van der Waals surface area contributed by atoms with E-state index < -0.39 is 26.5 Å². The quantitative estimate of drug-likeness (QED) is 0.468. The maximum Gasteiger partial charge on any atom is 0.306 e. The number of hydrogen-bond donors (Lipinski definition) is 1. The summed E-state index contributed by atoms with van der Waals surface area (Å²) >= 11 is 0. The van der Waals surface area contributed by atoms with Gasteiger partial charge < -0.3 is 4.74 Å². The van der Waals surface area contributed by atoms with Crippen LogP contribution in [0.25, 0.3) is 0 Å². The molecule has 0 atom stereocenters. The minimum Gasteiger partial charge on any atom is -0.492 e. The first-order valence-corrected chi connectivity index (χ1v) is 8.41. The third-order valence-corrected chi connectivity index (χ3v) is 4.57. The van der Waals surface area contributed by atoms with Crippen molar-refractivity contribution in [3.63, 3.8) is 0 Å². The van der Waals surface area contributed by atoms with Crippen LogP contribution in [0.2, 0.25) is 0 Å². The lowest BCUT2D eigenvalue weighted by Gasteiger charge is -2.09. The van der Waals surface area contributed by atoms with E-state index in [-0.39, 0.29) is 18.0 Å². The molecule has 0 radical (unpaired) electrons. The number of aryl methyl sites for hydroxylation is 1. The number of ether oxygens (including phenoxy) is 1. The molecule has 0 aromatic heterocycles. The molecule has 7 nitrogen and oxygen atoms in total. The zero-order valence-corrected chi connectivity index (χ0v) is 13.5. The predicted octanol–water partition coefficient (Wildman–Crippen LogP) is 2.40. The highest BCUT2D eigenvalue weighted by molar-refractivity contribution is 7.89. The van der Waals surface area contributed by atoms with E-state index in [2.05, 4.69) is 4.72 Å². The van der Waals surface area contributed by atoms with Crippen LogP contribution < -0.4 is 9.46 Å². The van der Waals surface area contributed by atoms with E-state index in [1.54, 1.807) is 12.1 Å². The number of nitro benzene ring substituents is 1. The molecular formula is C15H15FN2O5S. The summed E-state index contributed by atoms with van der Waals surface area (Å²) in [5, 5.41) is 10.7. The van der Waals surface area contributed by atoms with E-state index >= 15 is 0 Å². The summed E-state index contributed by atoms with van der Waals surface area (Å²) in [5.74, 6) is -0.501. The summed E-state index contributed by atoms with van der Waals surface area (Å²) < 4.78 is 45.0. The van der Waals surface area contributed by atoms with E-state index in [9.17, 15) is 22.9 Å². The minimum absolute atomic E-state index is 0.0403. The first-order chi connectivity index (χ1) is 11.3. The van der Waals surface area contributed by atoms with Gasteiger partial charge in [-0.2, -0.15) is 4.39 Å². The van der Waals surface area contributed by atoms with Crippen LogP contribution in [0.1, 0.15) is 5.56 Å². The fourth-order valence-corrected chi connectivity index (χ4v) is 2.89. The second-order valence-corrected chi connectivity index (χ2v) is 6.70. The third kappa shape index (κ3) is 4.49. The van der Waals surface area contributed by atoms with E-state index in [1.165, 1.54) is 0 Å². The molecule has 2 aromatic rings. The van der Waals surface area contributed by atoms with Gasteiger partial charge in [-0.25, -0.2) is 13.1 Å². The van der Waals surface area contributed by atoms with Gasteiger partial charge in [0.2, 0.25) is 15.8 Å². The highest BCUT2D eigenvalue weighted by atomic mass is 32.2. The zero-order valence-electron chi connectivity index (χ0n) is 12.7. The van der Waals surface area contributed by atoms with Crippen molar-refractivity contribution in [3.8, 4) is 5.75 Å². The molecule has 24 heavy (non-hydrogen) atoms. The Labute approximate surface area is 138 Å². The van der Waals surface area contributed by atoms with Gasteiger partial charge in [0.05, 0.1) is 9.82 Å². The first kappa shape index (κ1) is 17.8. The maximum atomic E-state index is 13.3. The molecule has 0 bridgehead atoms. The van der Waals surface area contributed by atoms with Crippen molar-refractivity contribution in [3.05, 3.63) is 64.0 Å². The van der Waals surface area contributed by atoms with E-state index in [0.29, 0.717) is 11.8 Å². The van der Waals surface area contributed by atoms with Gasteiger partial charge in [-0.1, -0.05) is 17.7 Å². The van der Waals surface area contributed by atoms with Gasteiger partial charge in [-0.05, 0) is 31.2 Å². The molecule has 1 N–H and O–H groups in total. The smallest absolute Gasteiger partial charge is 0.306 e. The van der Waals surface area contributed by atoms with Crippen LogP contribution in [-0.2, 0) is 10.0 Å². The Morgan fingerprint density at radius 3 is 2.50 bits per heavy atom. The van der Waals surface area contributed by atoms with Crippen molar-refractivity contribution in [1.82, 2.24) is 4.72 Å². The average molecular weight is 354 g/mol. The number of halogens is 1. The van der Waals surface area contributed by atoms with Crippen molar-refractivity contribution in [2.75, 3.05) is 13.2 Å². The molecule has 0 amide bonds. The summed E-state index contributed by atoms with van der Waals surface area (Å²) in [6, 6.07) is 9.62. The molecule has 9 heteroatoms. The Bertz CT molecular complexity index is 837. The molecule has 0 saturated carbocycles. The van der Waals surface area contributed by atoms with Gasteiger partial charge in [0.25, 0.3) is 0 Å². The van der Waals surface area contributed by atoms with Crippen LogP contribution >= 0.6 is 0 Å². The van der Waals surface area contributed by atoms with Crippen LogP contribution in [0.15, 0.2) is 47.4 Å². The van der Waals surface area contributed by atoms with E-state index in [1.807, 2.05) is 19.1 Å². The second kappa shape index (κ2) is 7.37. The van der Waals surface area contributed by atoms with Crippen molar-refractivity contribution in [2.24, 2.45) is 0 Å². The minimum atomic E-state index is -4.00. The fourth-order valence-electron chi connectivity index (χ4n) is 1.86. The largest absolute Gasteiger partial charge is 0.492 e. The molecule has 0 aliphatic rings. The molecular weight excluding hydrogens is 339 g/mol. The Morgan fingerprint density at radius 2 is 1.88 bits per heavy atom. The molecule has 0 fully saturated rings. The summed E-state index contributed by atoms with van der Waals surface area (Å²) in [6.45, 7) is 1.97. The van der Waals surface area contributed by atoms with Crippen LogP contribution in [-0.4, -0.2) is 26.5 Å². The average Bonchev–Trinajstić information content (AvgIpc) is 2.53. The Hall–Kier alpha value is -2.52. The van der Waals surface area contributed by atoms with E-state index in [4.69, 9.17) is 4.74 Å². The number of benzene rings is 2. The molecule has 0 aliphatic carbocycles. The topological polar surface area (TPSA) is 98.5 Å². The van der Waals surface area contributed by atoms with Gasteiger partial charge in [-0.15, -0.1) is 0 Å². The van der Waals surface area contributed by atoms with Crippen LogP contribution in [0.5, 0.6) is 5.75 Å². The van der Waals surface area contributed by atoms with Crippen molar-refractivity contribution >= 4 is 15.7 Å². The molecule has 128 valence electrons. The van der Waals surface area contributed by atoms with Gasteiger partial charge in [-0.3, -0.25) is 10.1 Å². The maximum absolute atomic E-state index is 13.3. The van der Waals surface area contributed by atoms with Gasteiger partial charge in [0.1, 0.15) is 12.4 Å². The highest BCUT2D eigenvalue weighted by Crippen LogP contribution is 2.21. The molecule has 0 aliphatic heterocycles. The number of hydrogen-bond acceptors (Lipinski definition) is 5. The van der Waals surface area contributed by atoms with Gasteiger partial charge in [0.15, 0.2) is 0 Å². The SMILES string of the molecule is Cc1ccc(OCCNS(=O)(=O)c2ccc(F)c([N+](=O)[O-])c2)cc1. The number of rotatable bonds is 7. The normalized spacial score (nSPS) is 11.2. The highest BCUT2D eigenvalue weighted by Gasteiger charge is 2.21. The Morgan fingerprint density at radius 1 is 1.21 bits per heavy atom. The summed E-state index contributed by atoms with van der Waals surface area (Å²) in [5.41, 5.74) is 0.176. The monoisotopic (exact) mass is 354 g/mol. The number of nitrogens with zero attached hydrogens (tertiary/aromatic N) is 1. The van der Waals surface area contributed by atoms with Crippen LogP contribution in [0.4, 0.5) is 10.1 Å². The molecule has 2 aromatic carbocycles. The lowest BCUT2D eigenvalue weighted by atomic mass is 10.2. The summed E-state index contributed by atoms with van der Waals surface area (Å²) in [4.78, 5) is 9.31. The van der Waals surface area contributed by atoms with Crippen molar-refractivity contribution < 1.29 is 22.5 Å². The number of nitro groups is 1. The zero-order chi connectivity index (χ0) is 17.7. The molecule has 0 heterocycles. The Balaban J connectivity index is 1.97. The number of sulfonamides is 1. The lowest BCUT2D eigenvalue weighted by molar-refractivity contribution is -0.387. The molecule has 0 unspecified atom stereocenters. The summed E-state index contributed by atoms with van der Waals surface area (Å²) in [6.07, 6.45) is 0. The van der Waals surface area contributed by atoms with Crippen molar-refractivity contribution in [1.29, 1.82) is 0 Å². The van der Waals surface area contributed by atoms with Gasteiger partial charge in [0, 0.05) is 12.6 Å². The van der Waals surface area contributed by atoms with Crippen molar-refractivity contribution in [2.45, 2.75) is 11.8 Å². The lowest BCUT2D eigenvalue weighted by Crippen LogP contribution is -2.28. The molecule has 0 saturated heterocycles. The number of nitrogens with one attached hydrogen (secondary N) is 1. The van der Waals surface area contributed by atoms with E-state index in [0.717, 1.165) is 17.7 Å². The molecule has 2 rings (SSSR count). The first-order valence-electron chi connectivity index (χ1n) is 6.93.